The monoisotopic (exact) mass is 215 g/mol. The van der Waals surface area contributed by atoms with Gasteiger partial charge < -0.3 is 4.74 Å². The van der Waals surface area contributed by atoms with Gasteiger partial charge >= 0.3 is 5.97 Å². The second kappa shape index (κ2) is 6.41. The molecule has 82 valence electrons. The molecule has 0 radical (unpaired) electrons. The highest BCUT2D eigenvalue weighted by molar-refractivity contribution is 5.81. The maximum absolute atomic E-state index is 11.0. The average molecular weight is 215 g/mol. The van der Waals surface area contributed by atoms with Crippen LogP contribution < -0.4 is 0 Å². The number of benzene rings is 1. The van der Waals surface area contributed by atoms with Crippen LogP contribution in [0.15, 0.2) is 36.4 Å². The van der Waals surface area contributed by atoms with Crippen molar-refractivity contribution in [3.05, 3.63) is 47.5 Å². The van der Waals surface area contributed by atoms with Crippen molar-refractivity contribution in [2.24, 2.45) is 0 Å². The number of esters is 1. The number of hydrogen-bond acceptors (Lipinski definition) is 3. The van der Waals surface area contributed by atoms with Crippen LogP contribution in [-0.2, 0) is 16.0 Å². The van der Waals surface area contributed by atoms with E-state index < -0.39 is 0 Å². The summed E-state index contributed by atoms with van der Waals surface area (Å²) < 4.78 is 4.75. The van der Waals surface area contributed by atoms with Crippen molar-refractivity contribution in [2.45, 2.75) is 13.3 Å². The van der Waals surface area contributed by atoms with Crippen molar-refractivity contribution in [3.8, 4) is 6.07 Å². The Hall–Kier alpha value is -2.08. The van der Waals surface area contributed by atoms with Crippen molar-refractivity contribution < 1.29 is 9.53 Å². The molecule has 0 heterocycles. The molecular formula is C13H13NO2. The van der Waals surface area contributed by atoms with Crippen LogP contribution in [0.25, 0.3) is 0 Å². The van der Waals surface area contributed by atoms with Crippen LogP contribution in [-0.4, -0.2) is 12.6 Å². The SMILES string of the molecule is CCOC(=O)/C=C/Cc1ccccc1C#N. The van der Waals surface area contributed by atoms with Gasteiger partial charge in [0.15, 0.2) is 0 Å². The minimum absolute atomic E-state index is 0.350. The summed E-state index contributed by atoms with van der Waals surface area (Å²) >= 11 is 0. The first-order valence-corrected chi connectivity index (χ1v) is 5.09. The standard InChI is InChI=1S/C13H13NO2/c1-2-16-13(15)9-5-8-11-6-3-4-7-12(11)10-14/h3-7,9H,2,8H2,1H3/b9-5+. The van der Waals surface area contributed by atoms with E-state index >= 15 is 0 Å². The molecular weight excluding hydrogens is 202 g/mol. The van der Waals surface area contributed by atoms with Gasteiger partial charge in [0.2, 0.25) is 0 Å². The molecule has 3 nitrogen and oxygen atoms in total. The molecule has 16 heavy (non-hydrogen) atoms. The Bertz CT molecular complexity index is 430. The molecule has 0 bridgehead atoms. The summed E-state index contributed by atoms with van der Waals surface area (Å²) in [6.07, 6.45) is 3.65. The normalized spacial score (nSPS) is 10.0. The van der Waals surface area contributed by atoms with E-state index in [4.69, 9.17) is 10.00 Å². The molecule has 0 amide bonds. The number of rotatable bonds is 4. The molecule has 0 unspecified atom stereocenters. The van der Waals surface area contributed by atoms with Crippen LogP contribution in [0.3, 0.4) is 0 Å². The summed E-state index contributed by atoms with van der Waals surface area (Å²) in [4.78, 5) is 11.0. The van der Waals surface area contributed by atoms with Crippen LogP contribution in [0.1, 0.15) is 18.1 Å². The number of nitrogens with zero attached hydrogens (tertiary/aromatic N) is 1. The van der Waals surface area contributed by atoms with Gasteiger partial charge in [0.1, 0.15) is 0 Å². The first kappa shape index (κ1) is 12.0. The van der Waals surface area contributed by atoms with Gasteiger partial charge in [-0.25, -0.2) is 4.79 Å². The lowest BCUT2D eigenvalue weighted by Gasteiger charge is -1.99. The zero-order valence-corrected chi connectivity index (χ0v) is 9.14. The summed E-state index contributed by atoms with van der Waals surface area (Å²) in [6.45, 7) is 2.13. The molecule has 0 aromatic heterocycles. The van der Waals surface area contributed by atoms with Crippen LogP contribution in [0.4, 0.5) is 0 Å². The number of nitriles is 1. The summed E-state index contributed by atoms with van der Waals surface area (Å²) in [6, 6.07) is 9.42. The van der Waals surface area contributed by atoms with Crippen molar-refractivity contribution >= 4 is 5.97 Å². The number of carbonyl (C=O) groups excluding carboxylic acids is 1. The molecule has 0 aliphatic rings. The minimum Gasteiger partial charge on any atom is -0.463 e. The fraction of sp³-hybridized carbons (Fsp3) is 0.231. The van der Waals surface area contributed by atoms with Gasteiger partial charge in [-0.2, -0.15) is 5.26 Å². The average Bonchev–Trinajstić information content (AvgIpc) is 2.30. The number of hydrogen-bond donors (Lipinski definition) is 0. The number of ether oxygens (including phenoxy) is 1. The third kappa shape index (κ3) is 3.58. The third-order valence-corrected chi connectivity index (χ3v) is 2.02. The van der Waals surface area contributed by atoms with Gasteiger partial charge in [-0.1, -0.05) is 24.3 Å². The largest absolute Gasteiger partial charge is 0.463 e. The second-order valence-electron chi connectivity index (χ2n) is 3.13. The van der Waals surface area contributed by atoms with Crippen LogP contribution in [0.5, 0.6) is 0 Å². The Kier molecular flexibility index (Phi) is 4.81. The Balaban J connectivity index is 2.61. The van der Waals surface area contributed by atoms with Crippen molar-refractivity contribution in [2.75, 3.05) is 6.61 Å². The van der Waals surface area contributed by atoms with E-state index in [0.29, 0.717) is 18.6 Å². The summed E-state index contributed by atoms with van der Waals surface area (Å²) in [7, 11) is 0. The lowest BCUT2D eigenvalue weighted by atomic mass is 10.1. The first-order chi connectivity index (χ1) is 7.77. The zero-order chi connectivity index (χ0) is 11.8. The highest BCUT2D eigenvalue weighted by atomic mass is 16.5. The van der Waals surface area contributed by atoms with Gasteiger partial charge in [-0.05, 0) is 25.0 Å². The quantitative estimate of drug-likeness (QED) is 0.571. The summed E-state index contributed by atoms with van der Waals surface area (Å²) in [5.41, 5.74) is 1.54. The van der Waals surface area contributed by atoms with E-state index in [9.17, 15) is 4.79 Å². The Labute approximate surface area is 95.0 Å². The van der Waals surface area contributed by atoms with Crippen LogP contribution >= 0.6 is 0 Å². The lowest BCUT2D eigenvalue weighted by Crippen LogP contribution is -1.99. The van der Waals surface area contributed by atoms with Gasteiger partial charge in [-0.15, -0.1) is 0 Å². The molecule has 0 N–H and O–H groups in total. The number of allylic oxidation sites excluding steroid dienone is 1. The summed E-state index contributed by atoms with van der Waals surface area (Å²) in [5, 5.41) is 8.85. The fourth-order valence-corrected chi connectivity index (χ4v) is 1.28. The molecule has 1 aromatic carbocycles. The maximum atomic E-state index is 11.0. The van der Waals surface area contributed by atoms with E-state index in [1.807, 2.05) is 18.2 Å². The molecule has 0 saturated carbocycles. The van der Waals surface area contributed by atoms with E-state index in [1.165, 1.54) is 6.08 Å². The van der Waals surface area contributed by atoms with Gasteiger partial charge in [-0.3, -0.25) is 0 Å². The Morgan fingerprint density at radius 3 is 2.94 bits per heavy atom. The zero-order valence-electron chi connectivity index (χ0n) is 9.14. The van der Waals surface area contributed by atoms with E-state index in [2.05, 4.69) is 6.07 Å². The number of carbonyl (C=O) groups is 1. The molecule has 0 fully saturated rings. The van der Waals surface area contributed by atoms with Crippen LogP contribution in [0, 0.1) is 11.3 Å². The topological polar surface area (TPSA) is 50.1 Å². The van der Waals surface area contributed by atoms with E-state index in [0.717, 1.165) is 5.56 Å². The van der Waals surface area contributed by atoms with Crippen LogP contribution in [0.2, 0.25) is 0 Å². The van der Waals surface area contributed by atoms with E-state index in [-0.39, 0.29) is 5.97 Å². The van der Waals surface area contributed by atoms with Gasteiger partial charge in [0.25, 0.3) is 0 Å². The molecule has 0 atom stereocenters. The van der Waals surface area contributed by atoms with Crippen molar-refractivity contribution in [1.82, 2.24) is 0 Å². The first-order valence-electron chi connectivity index (χ1n) is 5.09. The summed E-state index contributed by atoms with van der Waals surface area (Å²) in [5.74, 6) is -0.350. The Morgan fingerprint density at radius 2 is 2.25 bits per heavy atom. The van der Waals surface area contributed by atoms with Gasteiger partial charge in [0.05, 0.1) is 18.2 Å². The van der Waals surface area contributed by atoms with E-state index in [1.54, 1.807) is 19.1 Å². The highest BCUT2D eigenvalue weighted by Crippen LogP contribution is 2.08. The maximum Gasteiger partial charge on any atom is 0.330 e. The van der Waals surface area contributed by atoms with Gasteiger partial charge in [0, 0.05) is 6.08 Å². The molecule has 0 aliphatic heterocycles. The van der Waals surface area contributed by atoms with Crippen molar-refractivity contribution in [3.63, 3.8) is 0 Å². The molecule has 0 saturated heterocycles. The molecule has 0 aliphatic carbocycles. The third-order valence-electron chi connectivity index (χ3n) is 2.02. The molecule has 3 heteroatoms. The smallest absolute Gasteiger partial charge is 0.330 e. The predicted octanol–water partition coefficient (Wildman–Crippen LogP) is 2.22. The molecule has 1 aromatic rings. The molecule has 1 rings (SSSR count). The van der Waals surface area contributed by atoms with Crippen molar-refractivity contribution in [1.29, 1.82) is 5.26 Å². The fourth-order valence-electron chi connectivity index (χ4n) is 1.28. The molecule has 0 spiro atoms. The minimum atomic E-state index is -0.350. The predicted molar refractivity (Wildman–Crippen MR) is 60.6 cm³/mol. The Morgan fingerprint density at radius 1 is 1.50 bits per heavy atom. The highest BCUT2D eigenvalue weighted by Gasteiger charge is 1.98. The second-order valence-corrected chi connectivity index (χ2v) is 3.13. The lowest BCUT2D eigenvalue weighted by molar-refractivity contribution is -0.137.